The highest BCUT2D eigenvalue weighted by molar-refractivity contribution is 14.1. The first kappa shape index (κ1) is 10.0. The van der Waals surface area contributed by atoms with E-state index in [4.69, 9.17) is 11.6 Å². The van der Waals surface area contributed by atoms with Gasteiger partial charge in [-0.2, -0.15) is 0 Å². The minimum atomic E-state index is 0.607. The molecule has 1 rings (SSSR count). The van der Waals surface area contributed by atoms with E-state index in [1.165, 1.54) is 10.2 Å². The summed E-state index contributed by atoms with van der Waals surface area (Å²) in [6, 6.07) is 0. The molecular formula is C7H10BrIN3+. The molecule has 0 bridgehead atoms. The first-order valence-electron chi connectivity index (χ1n) is 3.51. The second kappa shape index (κ2) is 3.78. The van der Waals surface area contributed by atoms with Crippen molar-refractivity contribution in [3.8, 4) is 0 Å². The Morgan fingerprint density at radius 1 is 1.67 bits per heavy atom. The van der Waals surface area contributed by atoms with E-state index in [2.05, 4.69) is 45.4 Å². The summed E-state index contributed by atoms with van der Waals surface area (Å²) in [6.45, 7) is 2.09. The maximum Gasteiger partial charge on any atom is 0.309 e. The highest BCUT2D eigenvalue weighted by atomic mass is 127. The monoisotopic (exact) mass is 342 g/mol. The molecule has 1 heterocycles. The Morgan fingerprint density at radius 3 is 2.75 bits per heavy atom. The van der Waals surface area contributed by atoms with Crippen molar-refractivity contribution >= 4 is 44.3 Å². The molecule has 0 aliphatic heterocycles. The molecule has 0 aliphatic rings. The van der Waals surface area contributed by atoms with Gasteiger partial charge in [-0.25, -0.2) is 0 Å². The number of nitrogen functional groups attached to an aromatic ring is 2. The molecule has 5 heteroatoms. The normalized spacial score (nSPS) is 10.2. The lowest BCUT2D eigenvalue weighted by Gasteiger charge is -2.05. The summed E-state index contributed by atoms with van der Waals surface area (Å²) in [5.41, 5.74) is 6.94. The van der Waals surface area contributed by atoms with Gasteiger partial charge in [-0.3, -0.25) is 11.6 Å². The molecule has 0 aromatic carbocycles. The van der Waals surface area contributed by atoms with Crippen molar-refractivity contribution in [2.45, 2.75) is 13.3 Å². The van der Waals surface area contributed by atoms with Crippen LogP contribution in [0.1, 0.15) is 12.5 Å². The minimum absolute atomic E-state index is 0.607. The van der Waals surface area contributed by atoms with Crippen LogP contribution in [0.25, 0.3) is 0 Å². The van der Waals surface area contributed by atoms with Gasteiger partial charge >= 0.3 is 5.82 Å². The number of halogens is 2. The zero-order chi connectivity index (χ0) is 9.30. The molecule has 12 heavy (non-hydrogen) atoms. The maximum atomic E-state index is 5.74. The molecule has 0 unspecified atom stereocenters. The van der Waals surface area contributed by atoms with Crippen LogP contribution in [-0.2, 0) is 6.42 Å². The van der Waals surface area contributed by atoms with Crippen LogP contribution < -0.4 is 16.3 Å². The maximum absolute atomic E-state index is 5.74. The van der Waals surface area contributed by atoms with Crippen molar-refractivity contribution in [2.75, 3.05) is 11.6 Å². The fourth-order valence-corrected chi connectivity index (χ4v) is 2.99. The quantitative estimate of drug-likeness (QED) is 0.458. The lowest BCUT2D eigenvalue weighted by atomic mass is 10.2. The number of hydrogen-bond donors (Lipinski definition) is 2. The lowest BCUT2D eigenvalue weighted by Crippen LogP contribution is -2.47. The van der Waals surface area contributed by atoms with Crippen molar-refractivity contribution in [1.29, 1.82) is 0 Å². The standard InChI is InChI=1S/C7H9BrIN3/c1-2-4-5(8)3-12(11)7(10)6(4)9/h3,10H,2,11H2,1H3/p+1. The molecule has 0 atom stereocenters. The largest absolute Gasteiger partial charge is 0.309 e. The zero-order valence-electron chi connectivity index (χ0n) is 6.64. The number of rotatable bonds is 1. The average molecular weight is 343 g/mol. The van der Waals surface area contributed by atoms with Crippen molar-refractivity contribution in [3.63, 3.8) is 0 Å². The summed E-state index contributed by atoms with van der Waals surface area (Å²) >= 11 is 5.63. The van der Waals surface area contributed by atoms with Gasteiger partial charge in [0.1, 0.15) is 9.77 Å². The van der Waals surface area contributed by atoms with Gasteiger partial charge in [0, 0.05) is 0 Å². The Bertz CT molecular complexity index is 314. The molecule has 1 aromatic heterocycles. The SMILES string of the molecule is CCc1c(Br)c[n+](N)c(N)c1I. The minimum Gasteiger partial charge on any atom is -0.284 e. The third-order valence-electron chi connectivity index (χ3n) is 1.66. The van der Waals surface area contributed by atoms with Crippen LogP contribution in [0.4, 0.5) is 5.82 Å². The molecular weight excluding hydrogens is 333 g/mol. The van der Waals surface area contributed by atoms with Crippen LogP contribution in [-0.4, -0.2) is 0 Å². The Morgan fingerprint density at radius 2 is 2.25 bits per heavy atom. The number of anilines is 1. The molecule has 1 aromatic rings. The first-order valence-corrected chi connectivity index (χ1v) is 5.38. The molecule has 3 nitrogen and oxygen atoms in total. The summed E-state index contributed by atoms with van der Waals surface area (Å²) in [5, 5.41) is 0. The van der Waals surface area contributed by atoms with Gasteiger partial charge in [-0.15, -0.1) is 4.68 Å². The lowest BCUT2D eigenvalue weighted by molar-refractivity contribution is -0.625. The van der Waals surface area contributed by atoms with Gasteiger partial charge < -0.3 is 0 Å². The van der Waals surface area contributed by atoms with Crippen molar-refractivity contribution in [3.05, 3.63) is 19.8 Å². The Labute approximate surface area is 93.4 Å². The topological polar surface area (TPSA) is 55.9 Å². The highest BCUT2D eigenvalue weighted by Crippen LogP contribution is 2.23. The van der Waals surface area contributed by atoms with E-state index in [0.717, 1.165) is 14.5 Å². The number of aromatic nitrogens is 1. The van der Waals surface area contributed by atoms with E-state index in [1.54, 1.807) is 6.20 Å². The van der Waals surface area contributed by atoms with Crippen molar-refractivity contribution in [1.82, 2.24) is 0 Å². The van der Waals surface area contributed by atoms with Crippen LogP contribution in [0.2, 0.25) is 0 Å². The van der Waals surface area contributed by atoms with E-state index < -0.39 is 0 Å². The van der Waals surface area contributed by atoms with Crippen molar-refractivity contribution in [2.24, 2.45) is 0 Å². The molecule has 66 valence electrons. The molecule has 0 fully saturated rings. The Hall–Kier alpha value is -0.0400. The molecule has 0 radical (unpaired) electrons. The molecule has 4 N–H and O–H groups in total. The zero-order valence-corrected chi connectivity index (χ0v) is 10.4. The molecule has 0 aliphatic carbocycles. The van der Waals surface area contributed by atoms with Gasteiger partial charge in [0.05, 0.1) is 4.47 Å². The van der Waals surface area contributed by atoms with E-state index in [1.807, 2.05) is 0 Å². The molecule has 0 amide bonds. The second-order valence-corrected chi connectivity index (χ2v) is 4.35. The van der Waals surface area contributed by atoms with Crippen LogP contribution in [0.15, 0.2) is 10.7 Å². The summed E-state index contributed by atoms with van der Waals surface area (Å²) in [7, 11) is 0. The van der Waals surface area contributed by atoms with E-state index in [9.17, 15) is 0 Å². The summed E-state index contributed by atoms with van der Waals surface area (Å²) in [6.07, 6.45) is 2.72. The van der Waals surface area contributed by atoms with E-state index in [0.29, 0.717) is 5.82 Å². The van der Waals surface area contributed by atoms with Gasteiger partial charge in [-0.1, -0.05) is 6.92 Å². The van der Waals surface area contributed by atoms with E-state index in [-0.39, 0.29) is 0 Å². The van der Waals surface area contributed by atoms with Crippen LogP contribution >= 0.6 is 38.5 Å². The molecule has 0 saturated carbocycles. The summed E-state index contributed by atoms with van der Waals surface area (Å²) < 4.78 is 3.45. The Kier molecular flexibility index (Phi) is 3.16. The predicted octanol–water partition coefficient (Wildman–Crippen LogP) is 1.20. The number of nitrogens with two attached hydrogens (primary N) is 2. The average Bonchev–Trinajstić information content (AvgIpc) is 2.01. The van der Waals surface area contributed by atoms with Gasteiger partial charge in [0.15, 0.2) is 0 Å². The molecule has 0 spiro atoms. The van der Waals surface area contributed by atoms with Crippen molar-refractivity contribution < 1.29 is 4.68 Å². The highest BCUT2D eigenvalue weighted by Gasteiger charge is 2.14. The fourth-order valence-electron chi connectivity index (χ4n) is 0.966. The summed E-state index contributed by atoms with van der Waals surface area (Å²) in [4.78, 5) is 0. The third-order valence-corrected chi connectivity index (χ3v) is 3.55. The first-order chi connectivity index (χ1) is 5.57. The smallest absolute Gasteiger partial charge is 0.284 e. The number of nitrogens with zero attached hydrogens (tertiary/aromatic N) is 1. The van der Waals surface area contributed by atoms with Crippen LogP contribution in [0.5, 0.6) is 0 Å². The second-order valence-electron chi connectivity index (χ2n) is 2.42. The van der Waals surface area contributed by atoms with Gasteiger partial charge in [0.25, 0.3) is 0 Å². The number of pyridine rings is 1. The van der Waals surface area contributed by atoms with E-state index >= 15 is 0 Å². The fraction of sp³-hybridized carbons (Fsp3) is 0.286. The Balaban J connectivity index is 3.40. The van der Waals surface area contributed by atoms with Crippen LogP contribution in [0, 0.1) is 3.57 Å². The van der Waals surface area contributed by atoms with Crippen LogP contribution in [0.3, 0.4) is 0 Å². The summed E-state index contributed by atoms with van der Waals surface area (Å²) in [5.74, 6) is 6.21. The third kappa shape index (κ3) is 1.66. The molecule has 0 saturated heterocycles. The predicted molar refractivity (Wildman–Crippen MR) is 61.0 cm³/mol. The van der Waals surface area contributed by atoms with Gasteiger partial charge in [0.2, 0.25) is 0 Å². The van der Waals surface area contributed by atoms with Gasteiger partial charge in [-0.05, 0) is 50.5 Å². The number of hydrogen-bond acceptors (Lipinski definition) is 2.